The molecule has 1 rings (SSSR count). The van der Waals surface area contributed by atoms with Crippen LogP contribution in [0, 0.1) is 23.2 Å². The van der Waals surface area contributed by atoms with Gasteiger partial charge in [0.05, 0.1) is 14.2 Å². The van der Waals surface area contributed by atoms with Gasteiger partial charge in [-0.1, -0.05) is 25.5 Å². The van der Waals surface area contributed by atoms with Crippen molar-refractivity contribution in [1.82, 2.24) is 0 Å². The van der Waals surface area contributed by atoms with Crippen molar-refractivity contribution in [3.8, 4) is 12.3 Å². The smallest absolute Gasteiger partial charge is 0.324 e. The molecule has 1 aliphatic carbocycles. The molecule has 0 aromatic heterocycles. The molecule has 0 heterocycles. The highest BCUT2D eigenvalue weighted by molar-refractivity contribution is 6.00. The van der Waals surface area contributed by atoms with Crippen LogP contribution in [0.15, 0.2) is 11.6 Å². The molecule has 0 fully saturated rings. The van der Waals surface area contributed by atoms with Crippen molar-refractivity contribution in [2.75, 3.05) is 14.2 Å². The van der Waals surface area contributed by atoms with Gasteiger partial charge in [0.2, 0.25) is 0 Å². The molecule has 0 unspecified atom stereocenters. The van der Waals surface area contributed by atoms with E-state index in [9.17, 15) is 9.59 Å². The third-order valence-electron chi connectivity index (χ3n) is 3.33. The molecule has 0 saturated heterocycles. The van der Waals surface area contributed by atoms with Crippen molar-refractivity contribution in [2.45, 2.75) is 26.7 Å². The van der Waals surface area contributed by atoms with E-state index in [1.807, 2.05) is 19.9 Å². The van der Waals surface area contributed by atoms with Crippen molar-refractivity contribution in [3.63, 3.8) is 0 Å². The Bertz CT molecular complexity index is 421. The molecule has 4 heteroatoms. The summed E-state index contributed by atoms with van der Waals surface area (Å²) in [7, 11) is 2.48. The molecule has 0 radical (unpaired) electrons. The Hall–Kier alpha value is -1.76. The summed E-state index contributed by atoms with van der Waals surface area (Å²) in [4.78, 5) is 23.9. The minimum Gasteiger partial charge on any atom is -0.468 e. The number of hydrogen-bond donors (Lipinski definition) is 0. The summed E-state index contributed by atoms with van der Waals surface area (Å²) >= 11 is 0. The maximum Gasteiger partial charge on any atom is 0.324 e. The molecule has 1 aliphatic rings. The summed E-state index contributed by atoms with van der Waals surface area (Å²) in [6.45, 7) is 4.02. The van der Waals surface area contributed by atoms with E-state index in [1.54, 1.807) is 0 Å². The minimum absolute atomic E-state index is 0.0280. The topological polar surface area (TPSA) is 52.6 Å². The molecule has 98 valence electrons. The Balaban J connectivity index is 3.06. The van der Waals surface area contributed by atoms with Crippen LogP contribution < -0.4 is 0 Å². The molecule has 0 aliphatic heterocycles. The van der Waals surface area contributed by atoms with Crippen LogP contribution >= 0.6 is 0 Å². The molecule has 0 bridgehead atoms. The largest absolute Gasteiger partial charge is 0.468 e. The van der Waals surface area contributed by atoms with Crippen molar-refractivity contribution in [3.05, 3.63) is 11.6 Å². The lowest BCUT2D eigenvalue weighted by Crippen LogP contribution is -2.41. The lowest BCUT2D eigenvalue weighted by atomic mass is 9.78. The Labute approximate surface area is 107 Å². The van der Waals surface area contributed by atoms with Gasteiger partial charge in [-0.05, 0) is 6.42 Å². The van der Waals surface area contributed by atoms with E-state index >= 15 is 0 Å². The van der Waals surface area contributed by atoms with Gasteiger partial charge in [-0.25, -0.2) is 0 Å². The van der Waals surface area contributed by atoms with E-state index in [1.165, 1.54) is 14.2 Å². The normalized spacial score (nSPS) is 16.3. The van der Waals surface area contributed by atoms with Crippen molar-refractivity contribution in [2.24, 2.45) is 10.8 Å². The van der Waals surface area contributed by atoms with E-state index < -0.39 is 17.4 Å². The maximum atomic E-state index is 12.0. The second kappa shape index (κ2) is 4.85. The molecule has 0 N–H and O–H groups in total. The average molecular weight is 250 g/mol. The van der Waals surface area contributed by atoms with Crippen LogP contribution in [-0.2, 0) is 19.1 Å². The van der Waals surface area contributed by atoms with E-state index in [4.69, 9.17) is 15.9 Å². The van der Waals surface area contributed by atoms with Gasteiger partial charge in [0.1, 0.15) is 0 Å². The van der Waals surface area contributed by atoms with E-state index in [2.05, 4.69) is 5.92 Å². The first-order valence-electron chi connectivity index (χ1n) is 5.66. The SMILES string of the molecule is C#CCC(CC1=CC1(C)C)(C(=O)OC)C(=O)OC. The minimum atomic E-state index is -1.42. The first kappa shape index (κ1) is 14.3. The van der Waals surface area contributed by atoms with Crippen LogP contribution in [0.2, 0.25) is 0 Å². The predicted molar refractivity (Wildman–Crippen MR) is 66.4 cm³/mol. The zero-order chi connectivity index (χ0) is 14.0. The summed E-state index contributed by atoms with van der Waals surface area (Å²) in [5.41, 5.74) is -0.451. The Kier molecular flexibility index (Phi) is 3.85. The summed E-state index contributed by atoms with van der Waals surface area (Å²) in [6, 6.07) is 0. The van der Waals surface area contributed by atoms with Gasteiger partial charge in [0.15, 0.2) is 5.41 Å². The number of ether oxygens (including phenoxy) is 2. The van der Waals surface area contributed by atoms with Gasteiger partial charge in [0, 0.05) is 11.8 Å². The molecule has 0 saturated carbocycles. The maximum absolute atomic E-state index is 12.0. The van der Waals surface area contributed by atoms with E-state index in [0.29, 0.717) is 0 Å². The fraction of sp³-hybridized carbons (Fsp3) is 0.571. The zero-order valence-electron chi connectivity index (χ0n) is 11.2. The summed E-state index contributed by atoms with van der Waals surface area (Å²) in [5, 5.41) is 0. The highest BCUT2D eigenvalue weighted by Crippen LogP contribution is 2.50. The quantitative estimate of drug-likeness (QED) is 0.322. The monoisotopic (exact) mass is 250 g/mol. The molecular weight excluding hydrogens is 232 g/mol. The molecule has 18 heavy (non-hydrogen) atoms. The Morgan fingerprint density at radius 2 is 1.78 bits per heavy atom. The second-order valence-corrected chi connectivity index (χ2v) is 5.01. The number of hydrogen-bond acceptors (Lipinski definition) is 4. The number of esters is 2. The molecule has 0 spiro atoms. The molecule has 4 nitrogen and oxygen atoms in total. The number of terminal acetylenes is 1. The number of carbonyl (C=O) groups is 2. The van der Waals surface area contributed by atoms with Crippen molar-refractivity contribution in [1.29, 1.82) is 0 Å². The fourth-order valence-electron chi connectivity index (χ4n) is 2.00. The second-order valence-electron chi connectivity index (χ2n) is 5.01. The van der Waals surface area contributed by atoms with Gasteiger partial charge < -0.3 is 9.47 Å². The lowest BCUT2D eigenvalue weighted by molar-refractivity contribution is -0.168. The zero-order valence-corrected chi connectivity index (χ0v) is 11.2. The first-order valence-corrected chi connectivity index (χ1v) is 5.66. The highest BCUT2D eigenvalue weighted by atomic mass is 16.5. The van der Waals surface area contributed by atoms with Crippen LogP contribution in [0.5, 0.6) is 0 Å². The first-order chi connectivity index (χ1) is 8.34. The predicted octanol–water partition coefficient (Wildman–Crippen LogP) is 1.70. The number of carbonyl (C=O) groups excluding carboxylic acids is 2. The standard InChI is InChI=1S/C14H18O4/c1-6-7-14(11(15)17-4,12(16)18-5)9-10-8-13(10,2)3/h1,8H,7,9H2,2-5H3. The summed E-state index contributed by atoms with van der Waals surface area (Å²) in [6.07, 6.45) is 7.51. The lowest BCUT2D eigenvalue weighted by Gasteiger charge is -2.26. The number of allylic oxidation sites excluding steroid dienone is 2. The molecule has 0 aromatic carbocycles. The third kappa shape index (κ3) is 2.40. The van der Waals surface area contributed by atoms with Crippen LogP contribution in [0.3, 0.4) is 0 Å². The Morgan fingerprint density at radius 3 is 2.06 bits per heavy atom. The third-order valence-corrected chi connectivity index (χ3v) is 3.33. The van der Waals surface area contributed by atoms with Crippen LogP contribution in [0.1, 0.15) is 26.7 Å². The molecular formula is C14H18O4. The van der Waals surface area contributed by atoms with Gasteiger partial charge >= 0.3 is 11.9 Å². The summed E-state index contributed by atoms with van der Waals surface area (Å²) in [5.74, 6) is 1.09. The van der Waals surface area contributed by atoms with Crippen LogP contribution in [0.25, 0.3) is 0 Å². The molecule has 0 aromatic rings. The fourth-order valence-corrected chi connectivity index (χ4v) is 2.00. The van der Waals surface area contributed by atoms with Crippen molar-refractivity contribution < 1.29 is 19.1 Å². The van der Waals surface area contributed by atoms with Gasteiger partial charge in [0.25, 0.3) is 0 Å². The average Bonchev–Trinajstić information content (AvgIpc) is 2.93. The van der Waals surface area contributed by atoms with Gasteiger partial charge in [-0.15, -0.1) is 12.3 Å². The number of methoxy groups -OCH3 is 2. The van der Waals surface area contributed by atoms with Gasteiger partial charge in [-0.2, -0.15) is 0 Å². The molecule has 0 amide bonds. The highest BCUT2D eigenvalue weighted by Gasteiger charge is 2.52. The molecule has 0 atom stereocenters. The Morgan fingerprint density at radius 1 is 1.33 bits per heavy atom. The van der Waals surface area contributed by atoms with Crippen molar-refractivity contribution >= 4 is 11.9 Å². The van der Waals surface area contributed by atoms with Crippen LogP contribution in [-0.4, -0.2) is 26.2 Å². The van der Waals surface area contributed by atoms with E-state index in [-0.39, 0.29) is 18.3 Å². The van der Waals surface area contributed by atoms with E-state index in [0.717, 1.165) is 5.57 Å². The summed E-state index contributed by atoms with van der Waals surface area (Å²) < 4.78 is 9.45. The number of rotatable bonds is 5. The van der Waals surface area contributed by atoms with Crippen LogP contribution in [0.4, 0.5) is 0 Å². The van der Waals surface area contributed by atoms with Gasteiger partial charge in [-0.3, -0.25) is 9.59 Å².